The van der Waals surface area contributed by atoms with E-state index in [1.807, 2.05) is 0 Å². The van der Waals surface area contributed by atoms with Gasteiger partial charge in [-0.1, -0.05) is 24.3 Å². The van der Waals surface area contributed by atoms with Crippen LogP contribution in [-0.4, -0.2) is 59.4 Å². The second-order valence-corrected chi connectivity index (χ2v) is 13.3. The number of halogens is 1. The normalized spacial score (nSPS) is 12.5. The molecule has 1 heterocycles. The first kappa shape index (κ1) is 33.9. The standard InChI is InChI=1S/C29H32FN9O5S2/c1-18(20-6-11-23(12-7-20)45(40,41)31-3)36-38-27-17-28(35-29(34-27)33-22-10-15-25(30)26(16-22)44-5)39-37-19(2)21-8-13-24(14-9-21)46(42,43)32-4/h6-17,31-32H,1-5H3,(H3,33,34,35,38,39)/b36-18-,37-19-. The SMILES string of the molecule is CNS(=O)(=O)c1ccc(/C(C)=N\Nc2cc(N/N=C(/C)c3ccc(S(=O)(=O)NC)cc3)nc(Nc3ccc(F)c(OC)c3)n2)cc1. The number of nitrogens with zero attached hydrogens (tertiary/aromatic N) is 4. The number of anilines is 4. The number of rotatable bonds is 13. The van der Waals surface area contributed by atoms with Crippen molar-refractivity contribution in [2.24, 2.45) is 10.2 Å². The van der Waals surface area contributed by atoms with Gasteiger partial charge < -0.3 is 10.1 Å². The maximum atomic E-state index is 14.0. The maximum Gasteiger partial charge on any atom is 0.240 e. The highest BCUT2D eigenvalue weighted by Crippen LogP contribution is 2.25. The van der Waals surface area contributed by atoms with Crippen molar-refractivity contribution in [3.63, 3.8) is 0 Å². The summed E-state index contributed by atoms with van der Waals surface area (Å²) < 4.78 is 71.7. The largest absolute Gasteiger partial charge is 0.494 e. The summed E-state index contributed by atoms with van der Waals surface area (Å²) in [5.74, 6) is 0.134. The molecule has 0 unspecified atom stereocenters. The van der Waals surface area contributed by atoms with E-state index in [1.54, 1.807) is 44.2 Å². The van der Waals surface area contributed by atoms with Gasteiger partial charge in [-0.2, -0.15) is 20.2 Å². The van der Waals surface area contributed by atoms with Crippen molar-refractivity contribution in [1.82, 2.24) is 19.4 Å². The zero-order chi connectivity index (χ0) is 33.5. The molecule has 4 aromatic rings. The lowest BCUT2D eigenvalue weighted by Gasteiger charge is -2.11. The van der Waals surface area contributed by atoms with Crippen LogP contribution in [0.25, 0.3) is 0 Å². The summed E-state index contributed by atoms with van der Waals surface area (Å²) in [7, 11) is -3.13. The van der Waals surface area contributed by atoms with Gasteiger partial charge in [-0.3, -0.25) is 10.9 Å². The summed E-state index contributed by atoms with van der Waals surface area (Å²) in [6.07, 6.45) is 0. The van der Waals surface area contributed by atoms with Crippen LogP contribution in [0.2, 0.25) is 0 Å². The highest BCUT2D eigenvalue weighted by atomic mass is 32.2. The quantitative estimate of drug-likeness (QED) is 0.103. The molecule has 5 N–H and O–H groups in total. The van der Waals surface area contributed by atoms with Gasteiger partial charge in [0.05, 0.1) is 28.3 Å². The molecular formula is C29H32FN9O5S2. The van der Waals surface area contributed by atoms with Gasteiger partial charge in [-0.05, 0) is 75.5 Å². The zero-order valence-corrected chi connectivity index (χ0v) is 27.1. The molecule has 0 saturated heterocycles. The molecular weight excluding hydrogens is 638 g/mol. The molecule has 4 rings (SSSR count). The number of hydrogen-bond acceptors (Lipinski definition) is 12. The highest BCUT2D eigenvalue weighted by molar-refractivity contribution is 7.89. The van der Waals surface area contributed by atoms with Crippen LogP contribution in [0.5, 0.6) is 5.75 Å². The average molecular weight is 670 g/mol. The number of nitrogens with one attached hydrogen (secondary N) is 5. The van der Waals surface area contributed by atoms with Crippen molar-refractivity contribution in [3.8, 4) is 5.75 Å². The maximum absolute atomic E-state index is 14.0. The van der Waals surface area contributed by atoms with Gasteiger partial charge in [0.1, 0.15) is 0 Å². The van der Waals surface area contributed by atoms with Crippen LogP contribution in [0.15, 0.2) is 92.8 Å². The number of benzene rings is 3. The molecule has 17 heteroatoms. The van der Waals surface area contributed by atoms with E-state index in [2.05, 4.69) is 45.8 Å². The minimum Gasteiger partial charge on any atom is -0.494 e. The molecule has 0 fully saturated rings. The second-order valence-electron chi connectivity index (χ2n) is 9.52. The fourth-order valence-electron chi connectivity index (χ4n) is 3.88. The van der Waals surface area contributed by atoms with E-state index in [4.69, 9.17) is 4.74 Å². The van der Waals surface area contributed by atoms with E-state index in [1.165, 1.54) is 63.7 Å². The van der Waals surface area contributed by atoms with Crippen LogP contribution >= 0.6 is 0 Å². The molecule has 0 saturated carbocycles. The van der Waals surface area contributed by atoms with Crippen molar-refractivity contribution in [1.29, 1.82) is 0 Å². The molecule has 0 radical (unpaired) electrons. The molecule has 46 heavy (non-hydrogen) atoms. The zero-order valence-electron chi connectivity index (χ0n) is 25.5. The van der Waals surface area contributed by atoms with E-state index >= 15 is 0 Å². The van der Waals surface area contributed by atoms with Gasteiger partial charge in [0, 0.05) is 17.8 Å². The van der Waals surface area contributed by atoms with E-state index in [9.17, 15) is 21.2 Å². The Kier molecular flexibility index (Phi) is 10.6. The average Bonchev–Trinajstić information content (AvgIpc) is 3.07. The fourth-order valence-corrected chi connectivity index (χ4v) is 5.34. The fraction of sp³-hybridized carbons (Fsp3) is 0.172. The smallest absolute Gasteiger partial charge is 0.240 e. The Morgan fingerprint density at radius 3 is 1.59 bits per heavy atom. The first-order valence-corrected chi connectivity index (χ1v) is 16.5. The molecule has 14 nitrogen and oxygen atoms in total. The molecule has 0 amide bonds. The third-order valence-corrected chi connectivity index (χ3v) is 9.37. The predicted molar refractivity (Wildman–Crippen MR) is 175 cm³/mol. The predicted octanol–water partition coefficient (Wildman–Crippen LogP) is 3.86. The van der Waals surface area contributed by atoms with Crippen LogP contribution in [-0.2, 0) is 20.0 Å². The Balaban J connectivity index is 1.61. The molecule has 0 spiro atoms. The van der Waals surface area contributed by atoms with Gasteiger partial charge in [-0.25, -0.2) is 30.7 Å². The summed E-state index contributed by atoms with van der Waals surface area (Å²) in [4.78, 5) is 9.12. The van der Waals surface area contributed by atoms with E-state index < -0.39 is 25.9 Å². The van der Waals surface area contributed by atoms with E-state index in [0.717, 1.165) is 0 Å². The van der Waals surface area contributed by atoms with Gasteiger partial charge in [0.25, 0.3) is 0 Å². The number of hydrogen-bond donors (Lipinski definition) is 5. The summed E-state index contributed by atoms with van der Waals surface area (Å²) >= 11 is 0. The van der Waals surface area contributed by atoms with Gasteiger partial charge in [-0.15, -0.1) is 0 Å². The lowest BCUT2D eigenvalue weighted by atomic mass is 10.1. The molecule has 0 aliphatic carbocycles. The molecule has 0 aliphatic rings. The highest BCUT2D eigenvalue weighted by Gasteiger charge is 2.13. The Hall–Kier alpha value is -4.97. The number of sulfonamides is 2. The monoisotopic (exact) mass is 669 g/mol. The van der Waals surface area contributed by atoms with E-state index in [-0.39, 0.29) is 33.1 Å². The first-order valence-electron chi connectivity index (χ1n) is 13.5. The summed E-state index contributed by atoms with van der Waals surface area (Å²) in [5, 5.41) is 11.8. The van der Waals surface area contributed by atoms with Crippen molar-refractivity contribution in [2.45, 2.75) is 23.6 Å². The van der Waals surface area contributed by atoms with Crippen LogP contribution in [0.1, 0.15) is 25.0 Å². The Morgan fingerprint density at radius 2 is 1.17 bits per heavy atom. The number of ether oxygens (including phenoxy) is 1. The Morgan fingerprint density at radius 1 is 0.717 bits per heavy atom. The Bertz CT molecular complexity index is 1870. The van der Waals surface area contributed by atoms with Crippen LogP contribution < -0.4 is 30.3 Å². The third kappa shape index (κ3) is 8.39. The third-order valence-electron chi connectivity index (χ3n) is 6.51. The van der Waals surface area contributed by atoms with Crippen LogP contribution in [0.4, 0.5) is 27.7 Å². The summed E-state index contributed by atoms with van der Waals surface area (Å²) in [6, 6.07) is 18.1. The lowest BCUT2D eigenvalue weighted by molar-refractivity contribution is 0.387. The van der Waals surface area contributed by atoms with Gasteiger partial charge in [0.2, 0.25) is 26.0 Å². The van der Waals surface area contributed by atoms with Gasteiger partial charge in [0.15, 0.2) is 23.2 Å². The Labute approximate surface area is 266 Å². The van der Waals surface area contributed by atoms with Crippen LogP contribution in [0.3, 0.4) is 0 Å². The van der Waals surface area contributed by atoms with Crippen molar-refractivity contribution in [2.75, 3.05) is 37.4 Å². The minimum atomic E-state index is -3.58. The van der Waals surface area contributed by atoms with Crippen molar-refractivity contribution >= 4 is 54.7 Å². The molecule has 1 aromatic heterocycles. The lowest BCUT2D eigenvalue weighted by Crippen LogP contribution is -2.18. The summed E-state index contributed by atoms with van der Waals surface area (Å²) in [6.45, 7) is 3.47. The number of aromatic nitrogens is 2. The van der Waals surface area contributed by atoms with E-state index in [0.29, 0.717) is 28.2 Å². The van der Waals surface area contributed by atoms with Crippen LogP contribution in [0, 0.1) is 5.82 Å². The summed E-state index contributed by atoms with van der Waals surface area (Å²) in [5.41, 5.74) is 8.61. The van der Waals surface area contributed by atoms with Crippen molar-refractivity contribution < 1.29 is 26.0 Å². The first-order chi connectivity index (χ1) is 21.8. The molecule has 0 atom stereocenters. The number of methoxy groups -OCH3 is 1. The van der Waals surface area contributed by atoms with Gasteiger partial charge >= 0.3 is 0 Å². The second kappa shape index (κ2) is 14.4. The minimum absolute atomic E-state index is 0.0279. The molecule has 3 aromatic carbocycles. The molecule has 242 valence electrons. The number of hydrazone groups is 2. The molecule has 0 bridgehead atoms. The topological polar surface area (TPSA) is 188 Å². The molecule has 0 aliphatic heterocycles. The van der Waals surface area contributed by atoms with Crippen molar-refractivity contribution in [3.05, 3.63) is 89.7 Å².